The fourth-order valence-corrected chi connectivity index (χ4v) is 3.23. The molecule has 2 aromatic carbocycles. The number of esters is 1. The molecule has 1 aliphatic rings. The molecule has 0 bridgehead atoms. The molecule has 3 rings (SSSR count). The zero-order chi connectivity index (χ0) is 20.1. The van der Waals surface area contributed by atoms with Crippen LogP contribution in [0, 0.1) is 0 Å². The molecule has 1 fully saturated rings. The summed E-state index contributed by atoms with van der Waals surface area (Å²) in [4.78, 5) is 30.5. The number of hydrogen-bond donors (Lipinski definition) is 1. The molecular weight excluding hydrogens is 356 g/mol. The molecule has 0 aliphatic carbocycles. The summed E-state index contributed by atoms with van der Waals surface area (Å²) in [6.07, 6.45) is 0. The van der Waals surface area contributed by atoms with Gasteiger partial charge in [0.1, 0.15) is 0 Å². The van der Waals surface area contributed by atoms with Gasteiger partial charge in [-0.3, -0.25) is 0 Å². The van der Waals surface area contributed by atoms with Crippen LogP contribution in [-0.2, 0) is 4.74 Å². The Kier molecular flexibility index (Phi) is 6.03. The number of methoxy groups -OCH3 is 1. The number of rotatable bonds is 4. The molecule has 1 heterocycles. The Hall–Kier alpha value is -3.22. The molecular formula is C21H26N4O3. The predicted molar refractivity (Wildman–Crippen MR) is 111 cm³/mol. The molecule has 7 nitrogen and oxygen atoms in total. The highest BCUT2D eigenvalue weighted by molar-refractivity contribution is 5.96. The Balaban J connectivity index is 1.59. The van der Waals surface area contributed by atoms with Crippen molar-refractivity contribution in [3.63, 3.8) is 0 Å². The molecule has 0 radical (unpaired) electrons. The van der Waals surface area contributed by atoms with Crippen LogP contribution in [0.2, 0.25) is 0 Å². The molecule has 0 aromatic heterocycles. The normalized spacial score (nSPS) is 13.8. The molecule has 2 amide bonds. The summed E-state index contributed by atoms with van der Waals surface area (Å²) in [6, 6.07) is 15.0. The number of carbonyl (C=O) groups is 2. The Morgan fingerprint density at radius 3 is 2.21 bits per heavy atom. The van der Waals surface area contributed by atoms with E-state index in [4.69, 9.17) is 4.74 Å². The summed E-state index contributed by atoms with van der Waals surface area (Å²) in [6.45, 7) is 2.47. The molecule has 0 spiro atoms. The Labute approximate surface area is 165 Å². The standard InChI is InChI=1S/C21H26N4O3/c1-23(2)17-10-8-16(9-11-17)22-21(27)25-14-12-24(13-15-25)19-7-5-4-6-18(19)20(26)28-3/h4-11H,12-15H2,1-3H3,(H,22,27). The number of amides is 2. The minimum Gasteiger partial charge on any atom is -0.465 e. The summed E-state index contributed by atoms with van der Waals surface area (Å²) in [5.74, 6) is -0.350. The lowest BCUT2D eigenvalue weighted by molar-refractivity contribution is 0.0601. The third-order valence-electron chi connectivity index (χ3n) is 4.85. The number of urea groups is 1. The molecule has 0 atom stereocenters. The first-order valence-corrected chi connectivity index (χ1v) is 9.25. The Morgan fingerprint density at radius 1 is 0.964 bits per heavy atom. The molecule has 1 aliphatic heterocycles. The SMILES string of the molecule is COC(=O)c1ccccc1N1CCN(C(=O)Nc2ccc(N(C)C)cc2)CC1. The van der Waals surface area contributed by atoms with E-state index >= 15 is 0 Å². The van der Waals surface area contributed by atoms with E-state index in [0.29, 0.717) is 31.7 Å². The van der Waals surface area contributed by atoms with Crippen LogP contribution >= 0.6 is 0 Å². The van der Waals surface area contributed by atoms with Crippen LogP contribution in [-0.4, -0.2) is 64.3 Å². The number of hydrogen-bond acceptors (Lipinski definition) is 5. The molecule has 7 heteroatoms. The van der Waals surface area contributed by atoms with Crippen LogP contribution in [0.25, 0.3) is 0 Å². The maximum absolute atomic E-state index is 12.6. The second-order valence-corrected chi connectivity index (χ2v) is 6.85. The van der Waals surface area contributed by atoms with E-state index in [0.717, 1.165) is 17.1 Å². The zero-order valence-corrected chi connectivity index (χ0v) is 16.5. The summed E-state index contributed by atoms with van der Waals surface area (Å²) in [7, 11) is 5.34. The summed E-state index contributed by atoms with van der Waals surface area (Å²) in [5, 5.41) is 2.95. The molecule has 1 N–H and O–H groups in total. The maximum atomic E-state index is 12.6. The topological polar surface area (TPSA) is 65.1 Å². The second kappa shape index (κ2) is 8.65. The van der Waals surface area contributed by atoms with Crippen LogP contribution in [0.4, 0.5) is 21.9 Å². The third kappa shape index (κ3) is 4.36. The average molecular weight is 382 g/mol. The van der Waals surface area contributed by atoms with Crippen LogP contribution in [0.3, 0.4) is 0 Å². The van der Waals surface area contributed by atoms with Crippen molar-refractivity contribution in [3.8, 4) is 0 Å². The van der Waals surface area contributed by atoms with Crippen LogP contribution in [0.5, 0.6) is 0 Å². The van der Waals surface area contributed by atoms with Crippen molar-refractivity contribution < 1.29 is 14.3 Å². The molecule has 28 heavy (non-hydrogen) atoms. The van der Waals surface area contributed by atoms with Crippen molar-refractivity contribution in [1.82, 2.24) is 4.90 Å². The van der Waals surface area contributed by atoms with Crippen molar-refractivity contribution in [2.75, 3.05) is 62.5 Å². The van der Waals surface area contributed by atoms with Crippen molar-refractivity contribution in [2.24, 2.45) is 0 Å². The smallest absolute Gasteiger partial charge is 0.339 e. The van der Waals surface area contributed by atoms with Crippen molar-refractivity contribution in [2.45, 2.75) is 0 Å². The van der Waals surface area contributed by atoms with Gasteiger partial charge >= 0.3 is 12.0 Å². The third-order valence-corrected chi connectivity index (χ3v) is 4.85. The van der Waals surface area contributed by atoms with Crippen molar-refractivity contribution in [3.05, 3.63) is 54.1 Å². The van der Waals surface area contributed by atoms with E-state index in [1.807, 2.05) is 61.5 Å². The fraction of sp³-hybridized carbons (Fsp3) is 0.333. The van der Waals surface area contributed by atoms with Gasteiger partial charge in [0.05, 0.1) is 18.4 Å². The van der Waals surface area contributed by atoms with E-state index < -0.39 is 0 Å². The van der Waals surface area contributed by atoms with Gasteiger partial charge in [0.15, 0.2) is 0 Å². The van der Waals surface area contributed by atoms with E-state index in [1.54, 1.807) is 11.0 Å². The quantitative estimate of drug-likeness (QED) is 0.824. The lowest BCUT2D eigenvalue weighted by Gasteiger charge is -2.36. The number of para-hydroxylation sites is 1. The summed E-state index contributed by atoms with van der Waals surface area (Å²) in [5.41, 5.74) is 3.24. The van der Waals surface area contributed by atoms with Gasteiger partial charge in [0, 0.05) is 51.6 Å². The zero-order valence-electron chi connectivity index (χ0n) is 16.5. The number of nitrogens with one attached hydrogen (secondary N) is 1. The molecule has 2 aromatic rings. The number of carbonyl (C=O) groups excluding carboxylic acids is 2. The summed E-state index contributed by atoms with van der Waals surface area (Å²) >= 11 is 0. The molecule has 0 unspecified atom stereocenters. The lowest BCUT2D eigenvalue weighted by atomic mass is 10.1. The Bertz CT molecular complexity index is 828. The largest absolute Gasteiger partial charge is 0.465 e. The second-order valence-electron chi connectivity index (χ2n) is 6.85. The monoisotopic (exact) mass is 382 g/mol. The van der Waals surface area contributed by atoms with E-state index in [-0.39, 0.29) is 12.0 Å². The van der Waals surface area contributed by atoms with E-state index in [9.17, 15) is 9.59 Å². The molecule has 1 saturated heterocycles. The summed E-state index contributed by atoms with van der Waals surface area (Å²) < 4.78 is 4.87. The van der Waals surface area contributed by atoms with E-state index in [1.165, 1.54) is 7.11 Å². The van der Waals surface area contributed by atoms with Gasteiger partial charge in [-0.15, -0.1) is 0 Å². The maximum Gasteiger partial charge on any atom is 0.339 e. The highest BCUT2D eigenvalue weighted by Gasteiger charge is 2.24. The van der Waals surface area contributed by atoms with Gasteiger partial charge in [-0.1, -0.05) is 12.1 Å². The van der Waals surface area contributed by atoms with Gasteiger partial charge in [-0.2, -0.15) is 0 Å². The minimum atomic E-state index is -0.350. The number of anilines is 3. The van der Waals surface area contributed by atoms with Gasteiger partial charge < -0.3 is 24.8 Å². The highest BCUT2D eigenvalue weighted by Crippen LogP contribution is 2.23. The van der Waals surface area contributed by atoms with Crippen LogP contribution in [0.15, 0.2) is 48.5 Å². The first kappa shape index (κ1) is 19.5. The lowest BCUT2D eigenvalue weighted by Crippen LogP contribution is -2.50. The van der Waals surface area contributed by atoms with Crippen LogP contribution < -0.4 is 15.1 Å². The van der Waals surface area contributed by atoms with Gasteiger partial charge in [0.25, 0.3) is 0 Å². The van der Waals surface area contributed by atoms with Gasteiger partial charge in [-0.25, -0.2) is 9.59 Å². The highest BCUT2D eigenvalue weighted by atomic mass is 16.5. The van der Waals surface area contributed by atoms with E-state index in [2.05, 4.69) is 10.2 Å². The first-order valence-electron chi connectivity index (χ1n) is 9.25. The predicted octanol–water partition coefficient (Wildman–Crippen LogP) is 2.89. The van der Waals surface area contributed by atoms with Crippen molar-refractivity contribution in [1.29, 1.82) is 0 Å². The van der Waals surface area contributed by atoms with Crippen molar-refractivity contribution >= 4 is 29.1 Å². The minimum absolute atomic E-state index is 0.112. The van der Waals surface area contributed by atoms with Crippen LogP contribution in [0.1, 0.15) is 10.4 Å². The first-order chi connectivity index (χ1) is 13.5. The van der Waals surface area contributed by atoms with Gasteiger partial charge in [0.2, 0.25) is 0 Å². The number of ether oxygens (including phenoxy) is 1. The molecule has 0 saturated carbocycles. The number of nitrogens with zero attached hydrogens (tertiary/aromatic N) is 3. The Morgan fingerprint density at radius 2 is 1.61 bits per heavy atom. The average Bonchev–Trinajstić information content (AvgIpc) is 2.73. The van der Waals surface area contributed by atoms with Gasteiger partial charge in [-0.05, 0) is 36.4 Å². The fourth-order valence-electron chi connectivity index (χ4n) is 3.23. The molecule has 148 valence electrons. The number of piperazine rings is 1. The number of benzene rings is 2.